The van der Waals surface area contributed by atoms with E-state index in [2.05, 4.69) is 10.00 Å². The SMILES string of the molecule is O=c1[nH]n(CCN2CCCCC2)cc1-c1ccsc1. The van der Waals surface area contributed by atoms with Crippen molar-refractivity contribution in [2.75, 3.05) is 19.6 Å². The molecule has 1 N–H and O–H groups in total. The number of thiophene rings is 1. The van der Waals surface area contributed by atoms with Gasteiger partial charge in [0, 0.05) is 12.7 Å². The summed E-state index contributed by atoms with van der Waals surface area (Å²) in [4.78, 5) is 14.4. The number of hydrogen-bond donors (Lipinski definition) is 1. The lowest BCUT2D eigenvalue weighted by atomic mass is 10.1. The van der Waals surface area contributed by atoms with Crippen LogP contribution in [0.4, 0.5) is 0 Å². The Balaban J connectivity index is 1.65. The molecule has 1 saturated heterocycles. The summed E-state index contributed by atoms with van der Waals surface area (Å²) in [6.45, 7) is 4.28. The number of aromatic amines is 1. The van der Waals surface area contributed by atoms with E-state index in [-0.39, 0.29) is 5.56 Å². The van der Waals surface area contributed by atoms with Gasteiger partial charge < -0.3 is 4.90 Å². The van der Waals surface area contributed by atoms with E-state index in [1.165, 1.54) is 32.4 Å². The maximum Gasteiger partial charge on any atom is 0.271 e. The first-order chi connectivity index (χ1) is 9.33. The van der Waals surface area contributed by atoms with E-state index < -0.39 is 0 Å². The van der Waals surface area contributed by atoms with Crippen LogP contribution in [0, 0.1) is 0 Å². The molecule has 2 aromatic heterocycles. The molecule has 3 heterocycles. The molecule has 19 heavy (non-hydrogen) atoms. The highest BCUT2D eigenvalue weighted by atomic mass is 32.1. The third-order valence-corrected chi connectivity index (χ3v) is 4.40. The first-order valence-corrected chi connectivity index (χ1v) is 7.81. The number of hydrogen-bond acceptors (Lipinski definition) is 3. The largest absolute Gasteiger partial charge is 0.302 e. The predicted molar refractivity (Wildman–Crippen MR) is 78.7 cm³/mol. The fourth-order valence-electron chi connectivity index (χ4n) is 2.61. The molecule has 0 atom stereocenters. The third-order valence-electron chi connectivity index (χ3n) is 3.71. The molecule has 0 aliphatic carbocycles. The Kier molecular flexibility index (Phi) is 3.84. The van der Waals surface area contributed by atoms with Gasteiger partial charge in [0.05, 0.1) is 12.1 Å². The Morgan fingerprint density at radius 3 is 2.79 bits per heavy atom. The van der Waals surface area contributed by atoms with Gasteiger partial charge in [-0.2, -0.15) is 11.3 Å². The van der Waals surface area contributed by atoms with Gasteiger partial charge in [0.25, 0.3) is 5.56 Å². The lowest BCUT2D eigenvalue weighted by Crippen LogP contribution is -2.32. The molecule has 3 rings (SSSR count). The molecule has 4 nitrogen and oxygen atoms in total. The molecule has 0 spiro atoms. The topological polar surface area (TPSA) is 41.0 Å². The van der Waals surface area contributed by atoms with E-state index in [1.807, 2.05) is 27.7 Å². The van der Waals surface area contributed by atoms with Crippen molar-refractivity contribution < 1.29 is 0 Å². The quantitative estimate of drug-likeness (QED) is 0.932. The molecule has 5 heteroatoms. The molecular weight excluding hydrogens is 258 g/mol. The average molecular weight is 277 g/mol. The monoisotopic (exact) mass is 277 g/mol. The first-order valence-electron chi connectivity index (χ1n) is 6.87. The number of nitrogens with zero attached hydrogens (tertiary/aromatic N) is 2. The van der Waals surface area contributed by atoms with Crippen molar-refractivity contribution >= 4 is 11.3 Å². The van der Waals surface area contributed by atoms with Crippen LogP contribution >= 0.6 is 11.3 Å². The Morgan fingerprint density at radius 2 is 2.05 bits per heavy atom. The van der Waals surface area contributed by atoms with E-state index in [0.717, 1.165) is 24.2 Å². The van der Waals surface area contributed by atoms with Crippen molar-refractivity contribution in [2.45, 2.75) is 25.8 Å². The van der Waals surface area contributed by atoms with E-state index in [0.29, 0.717) is 0 Å². The molecule has 0 saturated carbocycles. The average Bonchev–Trinajstić information content (AvgIpc) is 3.07. The molecule has 1 fully saturated rings. The van der Waals surface area contributed by atoms with Gasteiger partial charge in [0.1, 0.15) is 0 Å². The highest BCUT2D eigenvalue weighted by Gasteiger charge is 2.11. The van der Waals surface area contributed by atoms with Gasteiger partial charge in [0.2, 0.25) is 0 Å². The zero-order valence-electron chi connectivity index (χ0n) is 11.0. The number of piperidine rings is 1. The van der Waals surface area contributed by atoms with Crippen molar-refractivity contribution in [1.82, 2.24) is 14.7 Å². The van der Waals surface area contributed by atoms with Crippen molar-refractivity contribution in [3.8, 4) is 11.1 Å². The number of rotatable bonds is 4. The van der Waals surface area contributed by atoms with Crippen LogP contribution in [0.25, 0.3) is 11.1 Å². The third kappa shape index (κ3) is 2.98. The van der Waals surface area contributed by atoms with Crippen molar-refractivity contribution in [1.29, 1.82) is 0 Å². The maximum absolute atomic E-state index is 11.9. The summed E-state index contributed by atoms with van der Waals surface area (Å²) in [6, 6.07) is 1.99. The fraction of sp³-hybridized carbons (Fsp3) is 0.500. The minimum Gasteiger partial charge on any atom is -0.302 e. The van der Waals surface area contributed by atoms with Gasteiger partial charge in [-0.1, -0.05) is 6.42 Å². The van der Waals surface area contributed by atoms with E-state index in [4.69, 9.17) is 0 Å². The molecule has 1 aliphatic heterocycles. The second-order valence-electron chi connectivity index (χ2n) is 5.09. The van der Waals surface area contributed by atoms with Gasteiger partial charge in [-0.3, -0.25) is 14.6 Å². The number of aromatic nitrogens is 2. The Hall–Kier alpha value is -1.33. The van der Waals surface area contributed by atoms with Crippen LogP contribution in [0.15, 0.2) is 27.8 Å². The lowest BCUT2D eigenvalue weighted by molar-refractivity contribution is 0.218. The lowest BCUT2D eigenvalue weighted by Gasteiger charge is -2.26. The van der Waals surface area contributed by atoms with Crippen LogP contribution < -0.4 is 5.56 Å². The van der Waals surface area contributed by atoms with E-state index in [1.54, 1.807) is 11.3 Å². The Morgan fingerprint density at radius 1 is 1.21 bits per heavy atom. The molecule has 0 aromatic carbocycles. The smallest absolute Gasteiger partial charge is 0.271 e. The highest BCUT2D eigenvalue weighted by molar-refractivity contribution is 7.08. The first kappa shape index (κ1) is 12.7. The summed E-state index contributed by atoms with van der Waals surface area (Å²) in [5, 5.41) is 6.92. The minimum absolute atomic E-state index is 0.0112. The van der Waals surface area contributed by atoms with Crippen molar-refractivity contribution in [3.63, 3.8) is 0 Å². The molecule has 1 aliphatic rings. The van der Waals surface area contributed by atoms with Gasteiger partial charge in [-0.15, -0.1) is 0 Å². The summed E-state index contributed by atoms with van der Waals surface area (Å²) in [5.41, 5.74) is 1.81. The molecule has 0 amide bonds. The Bertz CT molecular complexity index is 564. The van der Waals surface area contributed by atoms with Crippen LogP contribution in [-0.2, 0) is 6.54 Å². The predicted octanol–water partition coefficient (Wildman–Crippen LogP) is 2.39. The highest BCUT2D eigenvalue weighted by Crippen LogP contribution is 2.18. The zero-order chi connectivity index (χ0) is 13.1. The normalized spacial score (nSPS) is 16.8. The summed E-state index contributed by atoms with van der Waals surface area (Å²) >= 11 is 1.62. The fourth-order valence-corrected chi connectivity index (χ4v) is 3.27. The van der Waals surface area contributed by atoms with Gasteiger partial charge in [-0.25, -0.2) is 0 Å². The Labute approximate surface area is 116 Å². The van der Waals surface area contributed by atoms with Crippen LogP contribution in [0.3, 0.4) is 0 Å². The number of nitrogens with one attached hydrogen (secondary N) is 1. The van der Waals surface area contributed by atoms with Gasteiger partial charge in [-0.05, 0) is 48.3 Å². The van der Waals surface area contributed by atoms with Gasteiger partial charge in [0.15, 0.2) is 0 Å². The summed E-state index contributed by atoms with van der Waals surface area (Å²) in [5.74, 6) is 0. The molecular formula is C14H19N3OS. The number of likely N-dealkylation sites (tertiary alicyclic amines) is 1. The maximum atomic E-state index is 11.9. The van der Waals surface area contributed by atoms with E-state index >= 15 is 0 Å². The molecule has 102 valence electrons. The molecule has 0 unspecified atom stereocenters. The minimum atomic E-state index is 0.0112. The van der Waals surface area contributed by atoms with Crippen LogP contribution in [0.1, 0.15) is 19.3 Å². The standard InChI is InChI=1S/C14H19N3OS/c18-14-13(12-4-9-19-11-12)10-17(15-14)8-7-16-5-2-1-3-6-16/h4,9-11H,1-3,5-8H2,(H,15,18). The molecule has 0 radical (unpaired) electrons. The van der Waals surface area contributed by atoms with Crippen molar-refractivity contribution in [2.24, 2.45) is 0 Å². The summed E-state index contributed by atoms with van der Waals surface area (Å²) < 4.78 is 1.92. The second kappa shape index (κ2) is 5.75. The second-order valence-corrected chi connectivity index (χ2v) is 5.87. The summed E-state index contributed by atoms with van der Waals surface area (Å²) in [7, 11) is 0. The summed E-state index contributed by atoms with van der Waals surface area (Å²) in [6.07, 6.45) is 5.91. The number of H-pyrrole nitrogens is 1. The molecule has 0 bridgehead atoms. The van der Waals surface area contributed by atoms with Crippen LogP contribution in [0.5, 0.6) is 0 Å². The molecule has 2 aromatic rings. The van der Waals surface area contributed by atoms with Crippen molar-refractivity contribution in [3.05, 3.63) is 33.4 Å². The van der Waals surface area contributed by atoms with Crippen LogP contribution in [-0.4, -0.2) is 34.3 Å². The van der Waals surface area contributed by atoms with E-state index in [9.17, 15) is 4.79 Å². The van der Waals surface area contributed by atoms with Gasteiger partial charge >= 0.3 is 0 Å². The van der Waals surface area contributed by atoms with Crippen LogP contribution in [0.2, 0.25) is 0 Å². The zero-order valence-corrected chi connectivity index (χ0v) is 11.8.